The lowest BCUT2D eigenvalue weighted by Gasteiger charge is -2.21. The molecular weight excluding hydrogens is 168 g/mol. The first-order chi connectivity index (χ1) is 6.34. The van der Waals surface area contributed by atoms with Crippen molar-refractivity contribution in [1.82, 2.24) is 10.6 Å². The number of hydrogen-bond donors (Lipinski definition) is 3. The number of amides is 1. The molecule has 0 aliphatic carbocycles. The summed E-state index contributed by atoms with van der Waals surface area (Å²) in [4.78, 5) is 11.4. The zero-order valence-electron chi connectivity index (χ0n) is 7.88. The fourth-order valence-electron chi connectivity index (χ4n) is 1.51. The first-order valence-corrected chi connectivity index (χ1v) is 4.94. The molecule has 0 unspecified atom stereocenters. The van der Waals surface area contributed by atoms with E-state index in [1.807, 2.05) is 0 Å². The van der Waals surface area contributed by atoms with Crippen LogP contribution in [-0.4, -0.2) is 37.3 Å². The monoisotopic (exact) mass is 186 g/mol. The van der Waals surface area contributed by atoms with Crippen LogP contribution in [0.2, 0.25) is 0 Å². The molecule has 13 heavy (non-hydrogen) atoms. The molecule has 1 heterocycles. The lowest BCUT2D eigenvalue weighted by atomic mass is 9.99. The van der Waals surface area contributed by atoms with Gasteiger partial charge in [-0.15, -0.1) is 0 Å². The maximum Gasteiger partial charge on any atom is 0.224 e. The Morgan fingerprint density at radius 2 is 2.46 bits per heavy atom. The molecule has 0 saturated carbocycles. The van der Waals surface area contributed by atoms with E-state index >= 15 is 0 Å². The van der Waals surface area contributed by atoms with Gasteiger partial charge in [0.05, 0.1) is 5.92 Å². The van der Waals surface area contributed by atoms with Gasteiger partial charge in [0.25, 0.3) is 0 Å². The summed E-state index contributed by atoms with van der Waals surface area (Å²) in [6, 6.07) is 0. The van der Waals surface area contributed by atoms with Crippen molar-refractivity contribution in [3.8, 4) is 0 Å². The van der Waals surface area contributed by atoms with E-state index in [-0.39, 0.29) is 18.4 Å². The summed E-state index contributed by atoms with van der Waals surface area (Å²) in [6.07, 6.45) is 2.71. The summed E-state index contributed by atoms with van der Waals surface area (Å²) < 4.78 is 0. The Morgan fingerprint density at radius 1 is 1.62 bits per heavy atom. The number of carbonyl (C=O) groups is 1. The maximum atomic E-state index is 11.4. The van der Waals surface area contributed by atoms with E-state index in [1.165, 1.54) is 0 Å². The second kappa shape index (κ2) is 5.94. The number of aliphatic hydroxyl groups is 1. The number of piperidine rings is 1. The molecule has 76 valence electrons. The normalized spacial score (nSPS) is 22.7. The first-order valence-electron chi connectivity index (χ1n) is 4.94. The summed E-state index contributed by atoms with van der Waals surface area (Å²) in [7, 11) is 0. The molecule has 0 spiro atoms. The molecule has 0 aromatic heterocycles. The molecule has 1 aliphatic heterocycles. The van der Waals surface area contributed by atoms with Crippen LogP contribution in [0.3, 0.4) is 0 Å². The number of rotatable bonds is 4. The SMILES string of the molecule is O=C(NCCCO)[C@@H]1CCCNC1. The van der Waals surface area contributed by atoms with Crippen LogP contribution in [0.1, 0.15) is 19.3 Å². The molecule has 3 N–H and O–H groups in total. The Morgan fingerprint density at radius 3 is 3.08 bits per heavy atom. The fourth-order valence-corrected chi connectivity index (χ4v) is 1.51. The third kappa shape index (κ3) is 3.74. The molecule has 1 rings (SSSR count). The van der Waals surface area contributed by atoms with Gasteiger partial charge in [-0.2, -0.15) is 0 Å². The van der Waals surface area contributed by atoms with Gasteiger partial charge in [0.15, 0.2) is 0 Å². The van der Waals surface area contributed by atoms with Gasteiger partial charge in [0.2, 0.25) is 5.91 Å². The largest absolute Gasteiger partial charge is 0.396 e. The standard InChI is InChI=1S/C9H18N2O2/c12-6-2-5-11-9(13)8-3-1-4-10-7-8/h8,10,12H,1-7H2,(H,11,13)/t8-/m1/s1. The van der Waals surface area contributed by atoms with Gasteiger partial charge >= 0.3 is 0 Å². The molecule has 1 aliphatic rings. The molecular formula is C9H18N2O2. The van der Waals surface area contributed by atoms with Gasteiger partial charge in [0.1, 0.15) is 0 Å². The van der Waals surface area contributed by atoms with E-state index in [0.717, 1.165) is 25.9 Å². The smallest absolute Gasteiger partial charge is 0.224 e. The lowest BCUT2D eigenvalue weighted by Crippen LogP contribution is -2.40. The van der Waals surface area contributed by atoms with E-state index in [9.17, 15) is 4.79 Å². The van der Waals surface area contributed by atoms with Crippen LogP contribution in [0.25, 0.3) is 0 Å². The molecule has 1 atom stereocenters. The Kier molecular flexibility index (Phi) is 4.78. The van der Waals surface area contributed by atoms with Crippen molar-refractivity contribution < 1.29 is 9.90 Å². The molecule has 1 saturated heterocycles. The van der Waals surface area contributed by atoms with E-state index in [2.05, 4.69) is 10.6 Å². The Hall–Kier alpha value is -0.610. The summed E-state index contributed by atoms with van der Waals surface area (Å²) in [5.41, 5.74) is 0. The third-order valence-corrected chi connectivity index (χ3v) is 2.30. The average molecular weight is 186 g/mol. The fraction of sp³-hybridized carbons (Fsp3) is 0.889. The quantitative estimate of drug-likeness (QED) is 0.518. The van der Waals surface area contributed by atoms with Gasteiger partial charge in [-0.05, 0) is 25.8 Å². The summed E-state index contributed by atoms with van der Waals surface area (Å²) in [5, 5.41) is 14.5. The van der Waals surface area contributed by atoms with Crippen molar-refractivity contribution in [3.63, 3.8) is 0 Å². The van der Waals surface area contributed by atoms with Crippen molar-refractivity contribution in [2.75, 3.05) is 26.2 Å². The highest BCUT2D eigenvalue weighted by atomic mass is 16.3. The van der Waals surface area contributed by atoms with Crippen molar-refractivity contribution in [2.45, 2.75) is 19.3 Å². The minimum Gasteiger partial charge on any atom is -0.396 e. The van der Waals surface area contributed by atoms with Gasteiger partial charge in [0, 0.05) is 19.7 Å². The summed E-state index contributed by atoms with van der Waals surface area (Å²) >= 11 is 0. The zero-order chi connectivity index (χ0) is 9.52. The predicted octanol–water partition coefficient (Wildman–Crippen LogP) is -0.515. The van der Waals surface area contributed by atoms with Crippen LogP contribution in [0.15, 0.2) is 0 Å². The number of aliphatic hydroxyl groups excluding tert-OH is 1. The van der Waals surface area contributed by atoms with Gasteiger partial charge in [-0.25, -0.2) is 0 Å². The van der Waals surface area contributed by atoms with Crippen LogP contribution >= 0.6 is 0 Å². The minimum absolute atomic E-state index is 0.126. The van der Waals surface area contributed by atoms with E-state index in [0.29, 0.717) is 13.0 Å². The van der Waals surface area contributed by atoms with Gasteiger partial charge in [-0.1, -0.05) is 0 Å². The molecule has 4 nitrogen and oxygen atoms in total. The second-order valence-corrected chi connectivity index (χ2v) is 3.41. The highest BCUT2D eigenvalue weighted by molar-refractivity contribution is 5.78. The maximum absolute atomic E-state index is 11.4. The minimum atomic E-state index is 0.126. The Labute approximate surface area is 78.7 Å². The molecule has 0 aromatic rings. The summed E-state index contributed by atoms with van der Waals surface area (Å²) in [5.74, 6) is 0.257. The van der Waals surface area contributed by atoms with Crippen LogP contribution < -0.4 is 10.6 Å². The summed E-state index contributed by atoms with van der Waals surface area (Å²) in [6.45, 7) is 2.56. The van der Waals surface area contributed by atoms with E-state index in [1.54, 1.807) is 0 Å². The van der Waals surface area contributed by atoms with Gasteiger partial charge in [-0.3, -0.25) is 4.79 Å². The number of nitrogens with one attached hydrogen (secondary N) is 2. The molecule has 0 aromatic carbocycles. The molecule has 1 amide bonds. The van der Waals surface area contributed by atoms with Crippen molar-refractivity contribution in [2.24, 2.45) is 5.92 Å². The van der Waals surface area contributed by atoms with Crippen LogP contribution in [0.5, 0.6) is 0 Å². The van der Waals surface area contributed by atoms with Crippen LogP contribution in [-0.2, 0) is 4.79 Å². The molecule has 0 bridgehead atoms. The van der Waals surface area contributed by atoms with Crippen molar-refractivity contribution in [1.29, 1.82) is 0 Å². The van der Waals surface area contributed by atoms with Gasteiger partial charge < -0.3 is 15.7 Å². The third-order valence-electron chi connectivity index (χ3n) is 2.30. The Bertz CT molecular complexity index is 156. The topological polar surface area (TPSA) is 61.4 Å². The lowest BCUT2D eigenvalue weighted by molar-refractivity contribution is -0.125. The highest BCUT2D eigenvalue weighted by Gasteiger charge is 2.19. The van der Waals surface area contributed by atoms with E-state index < -0.39 is 0 Å². The highest BCUT2D eigenvalue weighted by Crippen LogP contribution is 2.09. The first kappa shape index (κ1) is 10.5. The zero-order valence-corrected chi connectivity index (χ0v) is 7.88. The average Bonchev–Trinajstić information content (AvgIpc) is 2.19. The molecule has 4 heteroatoms. The van der Waals surface area contributed by atoms with E-state index in [4.69, 9.17) is 5.11 Å². The number of hydrogen-bond acceptors (Lipinski definition) is 3. The molecule has 1 fully saturated rings. The van der Waals surface area contributed by atoms with Crippen molar-refractivity contribution in [3.05, 3.63) is 0 Å². The van der Waals surface area contributed by atoms with Crippen LogP contribution in [0, 0.1) is 5.92 Å². The predicted molar refractivity (Wildman–Crippen MR) is 50.3 cm³/mol. The second-order valence-electron chi connectivity index (χ2n) is 3.41. The molecule has 0 radical (unpaired) electrons. The van der Waals surface area contributed by atoms with Crippen molar-refractivity contribution >= 4 is 5.91 Å². The van der Waals surface area contributed by atoms with Crippen LogP contribution in [0.4, 0.5) is 0 Å². The number of carbonyl (C=O) groups excluding carboxylic acids is 1. The Balaban J connectivity index is 2.13.